The molecule has 0 aliphatic carbocycles. The maximum absolute atomic E-state index is 13.0. The molecule has 0 heterocycles. The van der Waals surface area contributed by atoms with Gasteiger partial charge in [-0.2, -0.15) is 0 Å². The Morgan fingerprint density at radius 2 is 1.86 bits per heavy atom. The highest BCUT2D eigenvalue weighted by Crippen LogP contribution is 2.34. The molecule has 150 valence electrons. The van der Waals surface area contributed by atoms with Crippen LogP contribution in [0.4, 0.5) is 10.1 Å². The number of nitro benzene ring substituents is 1. The second-order valence-electron chi connectivity index (χ2n) is 5.56. The molecule has 0 unspecified atom stereocenters. The average Bonchev–Trinajstić information content (AvgIpc) is 2.66. The molecule has 2 rings (SSSR count). The summed E-state index contributed by atoms with van der Waals surface area (Å²) in [5, 5.41) is 13.9. The normalized spacial score (nSPS) is 10.3. The van der Waals surface area contributed by atoms with E-state index in [-0.39, 0.29) is 31.0 Å². The molecule has 0 atom stereocenters. The molecular formula is C18H18BrFN2O6. The van der Waals surface area contributed by atoms with Gasteiger partial charge in [0.2, 0.25) is 0 Å². The molecule has 0 saturated heterocycles. The number of hydrogen-bond donors (Lipinski definition) is 1. The van der Waals surface area contributed by atoms with Crippen molar-refractivity contribution < 1.29 is 28.3 Å². The number of amides is 1. The van der Waals surface area contributed by atoms with E-state index < -0.39 is 16.6 Å². The number of rotatable bonds is 9. The number of methoxy groups -OCH3 is 2. The lowest BCUT2D eigenvalue weighted by molar-refractivity contribution is -0.385. The smallest absolute Gasteiger partial charge is 0.276 e. The molecule has 0 bridgehead atoms. The van der Waals surface area contributed by atoms with Gasteiger partial charge in [0.25, 0.3) is 11.6 Å². The van der Waals surface area contributed by atoms with Crippen LogP contribution in [0.15, 0.2) is 34.8 Å². The van der Waals surface area contributed by atoms with Crippen molar-refractivity contribution in [1.29, 1.82) is 0 Å². The maximum atomic E-state index is 13.0. The zero-order valence-electron chi connectivity index (χ0n) is 15.2. The van der Waals surface area contributed by atoms with Gasteiger partial charge in [-0.25, -0.2) is 4.39 Å². The number of carbonyl (C=O) groups is 1. The molecule has 0 fully saturated rings. The van der Waals surface area contributed by atoms with Crippen LogP contribution < -0.4 is 19.5 Å². The summed E-state index contributed by atoms with van der Waals surface area (Å²) in [5.74, 6) is 0.0887. The van der Waals surface area contributed by atoms with Crippen LogP contribution in [0.25, 0.3) is 0 Å². The Kier molecular flexibility index (Phi) is 7.56. The molecule has 0 radical (unpaired) electrons. The molecule has 0 aromatic heterocycles. The number of ether oxygens (including phenoxy) is 3. The van der Waals surface area contributed by atoms with E-state index in [1.54, 1.807) is 0 Å². The van der Waals surface area contributed by atoms with E-state index in [1.165, 1.54) is 44.6 Å². The number of nitro groups is 1. The van der Waals surface area contributed by atoms with Gasteiger partial charge in [0, 0.05) is 12.1 Å². The van der Waals surface area contributed by atoms with E-state index in [0.29, 0.717) is 21.5 Å². The number of benzene rings is 2. The summed E-state index contributed by atoms with van der Waals surface area (Å²) in [4.78, 5) is 22.7. The molecule has 10 heteroatoms. The maximum Gasteiger partial charge on any atom is 0.276 e. The Bertz CT molecular complexity index is 877. The van der Waals surface area contributed by atoms with Crippen LogP contribution in [0, 0.1) is 15.9 Å². The van der Waals surface area contributed by atoms with Crippen LogP contribution in [0.5, 0.6) is 17.2 Å². The van der Waals surface area contributed by atoms with Gasteiger partial charge in [-0.3, -0.25) is 14.9 Å². The first-order chi connectivity index (χ1) is 13.3. The van der Waals surface area contributed by atoms with E-state index in [9.17, 15) is 19.3 Å². The van der Waals surface area contributed by atoms with E-state index in [2.05, 4.69) is 21.2 Å². The Balaban J connectivity index is 1.94. The Morgan fingerprint density at radius 3 is 2.46 bits per heavy atom. The summed E-state index contributed by atoms with van der Waals surface area (Å²) in [7, 11) is 2.82. The van der Waals surface area contributed by atoms with E-state index in [0.717, 1.165) is 0 Å². The molecule has 2 aromatic carbocycles. The third-order valence-corrected chi connectivity index (χ3v) is 4.37. The van der Waals surface area contributed by atoms with Crippen molar-refractivity contribution in [3.8, 4) is 17.2 Å². The Morgan fingerprint density at radius 1 is 1.18 bits per heavy atom. The topological polar surface area (TPSA) is 99.9 Å². The standard InChI is InChI=1S/C18H18BrFN2O6/c1-26-16-7-11(14(22(24)25)9-17(16)27-2)5-6-21-18(23)10-28-15-4-3-12(20)8-13(15)19/h3-4,7-9H,5-6,10H2,1-2H3,(H,21,23). The largest absolute Gasteiger partial charge is 0.493 e. The molecule has 0 aliphatic heterocycles. The van der Waals surface area contributed by atoms with Gasteiger partial charge < -0.3 is 19.5 Å². The van der Waals surface area contributed by atoms with Crippen molar-refractivity contribution in [2.75, 3.05) is 27.4 Å². The molecule has 1 amide bonds. The molecule has 1 N–H and O–H groups in total. The minimum Gasteiger partial charge on any atom is -0.493 e. The van der Waals surface area contributed by atoms with Gasteiger partial charge >= 0.3 is 0 Å². The predicted molar refractivity (Wildman–Crippen MR) is 103 cm³/mol. The van der Waals surface area contributed by atoms with Gasteiger partial charge in [-0.15, -0.1) is 0 Å². The van der Waals surface area contributed by atoms with Crippen LogP contribution in [0.2, 0.25) is 0 Å². The van der Waals surface area contributed by atoms with Crippen molar-refractivity contribution in [3.05, 3.63) is 56.3 Å². The third-order valence-electron chi connectivity index (χ3n) is 3.75. The molecule has 8 nitrogen and oxygen atoms in total. The summed E-state index contributed by atoms with van der Waals surface area (Å²) >= 11 is 3.14. The minimum atomic E-state index is -0.520. The lowest BCUT2D eigenvalue weighted by Crippen LogP contribution is -2.30. The molecular weight excluding hydrogens is 439 g/mol. The Labute approximate surface area is 168 Å². The summed E-state index contributed by atoms with van der Waals surface area (Å²) < 4.78 is 29.0. The number of halogens is 2. The van der Waals surface area contributed by atoms with Gasteiger partial charge in [-0.05, 0) is 46.6 Å². The van der Waals surface area contributed by atoms with Crippen LogP contribution in [-0.4, -0.2) is 38.2 Å². The number of nitrogens with zero attached hydrogens (tertiary/aromatic N) is 1. The number of hydrogen-bond acceptors (Lipinski definition) is 6. The van der Waals surface area contributed by atoms with Crippen LogP contribution in [-0.2, 0) is 11.2 Å². The van der Waals surface area contributed by atoms with Gasteiger partial charge in [0.05, 0.1) is 29.7 Å². The quantitative estimate of drug-likeness (QED) is 0.459. The fraction of sp³-hybridized carbons (Fsp3) is 0.278. The van der Waals surface area contributed by atoms with Crippen molar-refractivity contribution in [2.45, 2.75) is 6.42 Å². The van der Waals surface area contributed by atoms with Gasteiger partial charge in [-0.1, -0.05) is 0 Å². The third kappa shape index (κ3) is 5.56. The fourth-order valence-corrected chi connectivity index (χ4v) is 2.87. The molecule has 28 heavy (non-hydrogen) atoms. The van der Waals surface area contributed by atoms with Crippen LogP contribution in [0.1, 0.15) is 5.56 Å². The minimum absolute atomic E-state index is 0.126. The molecule has 0 saturated carbocycles. The zero-order valence-corrected chi connectivity index (χ0v) is 16.7. The van der Waals surface area contributed by atoms with Crippen LogP contribution in [0.3, 0.4) is 0 Å². The van der Waals surface area contributed by atoms with Gasteiger partial charge in [0.1, 0.15) is 11.6 Å². The summed E-state index contributed by atoms with van der Waals surface area (Å²) in [6, 6.07) is 6.64. The lowest BCUT2D eigenvalue weighted by atomic mass is 10.1. The second kappa shape index (κ2) is 9.88. The van der Waals surface area contributed by atoms with Crippen molar-refractivity contribution >= 4 is 27.5 Å². The predicted octanol–water partition coefficient (Wildman–Crippen LogP) is 3.25. The second-order valence-corrected chi connectivity index (χ2v) is 6.41. The first-order valence-corrected chi connectivity index (χ1v) is 8.88. The molecule has 0 spiro atoms. The highest BCUT2D eigenvalue weighted by Gasteiger charge is 2.19. The summed E-state index contributed by atoms with van der Waals surface area (Å²) in [5.41, 5.74) is 0.267. The van der Waals surface area contributed by atoms with Crippen molar-refractivity contribution in [1.82, 2.24) is 5.32 Å². The van der Waals surface area contributed by atoms with Crippen LogP contribution >= 0.6 is 15.9 Å². The zero-order chi connectivity index (χ0) is 20.7. The molecule has 2 aromatic rings. The monoisotopic (exact) mass is 456 g/mol. The highest BCUT2D eigenvalue weighted by molar-refractivity contribution is 9.10. The lowest BCUT2D eigenvalue weighted by Gasteiger charge is -2.11. The number of nitrogens with one attached hydrogen (secondary N) is 1. The van der Waals surface area contributed by atoms with Gasteiger partial charge in [0.15, 0.2) is 18.1 Å². The fourth-order valence-electron chi connectivity index (χ4n) is 2.40. The first-order valence-electron chi connectivity index (χ1n) is 8.09. The summed E-state index contributed by atoms with van der Waals surface area (Å²) in [6.45, 7) is -0.124. The average molecular weight is 457 g/mol. The Hall–Kier alpha value is -2.88. The van der Waals surface area contributed by atoms with E-state index in [4.69, 9.17) is 14.2 Å². The van der Waals surface area contributed by atoms with E-state index in [1.807, 2.05) is 0 Å². The highest BCUT2D eigenvalue weighted by atomic mass is 79.9. The van der Waals surface area contributed by atoms with Crippen molar-refractivity contribution in [3.63, 3.8) is 0 Å². The number of carbonyl (C=O) groups excluding carboxylic acids is 1. The first kappa shape index (κ1) is 21.4. The SMILES string of the molecule is COc1cc(CCNC(=O)COc2ccc(F)cc2Br)c([N+](=O)[O-])cc1OC. The summed E-state index contributed by atoms with van der Waals surface area (Å²) in [6.07, 6.45) is 0.211. The molecule has 0 aliphatic rings. The van der Waals surface area contributed by atoms with Crippen molar-refractivity contribution in [2.24, 2.45) is 0 Å². The van der Waals surface area contributed by atoms with E-state index >= 15 is 0 Å².